The lowest BCUT2D eigenvalue weighted by molar-refractivity contribution is 0.412. The molecule has 0 saturated carbocycles. The summed E-state index contributed by atoms with van der Waals surface area (Å²) >= 11 is 0. The lowest BCUT2D eigenvalue weighted by atomic mass is 10.5. The molecule has 0 amide bonds. The van der Waals surface area contributed by atoms with Crippen LogP contribution in [0.4, 0.5) is 0 Å². The highest BCUT2D eigenvalue weighted by molar-refractivity contribution is 7.90. The summed E-state index contributed by atoms with van der Waals surface area (Å²) < 4.78 is 25.2. The zero-order chi connectivity index (χ0) is 10.5. The van der Waals surface area contributed by atoms with Crippen LogP contribution >= 0.6 is 0 Å². The lowest BCUT2D eigenvalue weighted by Crippen LogP contribution is -2.39. The van der Waals surface area contributed by atoms with Crippen molar-refractivity contribution < 1.29 is 8.42 Å². The maximum absolute atomic E-state index is 11.3. The van der Waals surface area contributed by atoms with Crippen LogP contribution in [0.3, 0.4) is 0 Å². The van der Waals surface area contributed by atoms with Crippen LogP contribution in [-0.4, -0.2) is 52.3 Å². The predicted octanol–water partition coefficient (Wildman–Crippen LogP) is -1.19. The number of hydrogen-bond acceptors (Lipinski definition) is 4. The summed E-state index contributed by atoms with van der Waals surface area (Å²) in [6.07, 6.45) is 0. The van der Waals surface area contributed by atoms with Gasteiger partial charge in [-0.15, -0.1) is 0 Å². The summed E-state index contributed by atoms with van der Waals surface area (Å²) in [5.41, 5.74) is 5.26. The fraction of sp³-hybridized carbons (Fsp3) is 1.00. The van der Waals surface area contributed by atoms with Gasteiger partial charge in [-0.25, -0.2) is 13.1 Å². The SMILES string of the molecule is CC(CN)S(=O)(=O)NCCN(C)C. The highest BCUT2D eigenvalue weighted by Gasteiger charge is 2.17. The van der Waals surface area contributed by atoms with Gasteiger partial charge in [-0.2, -0.15) is 0 Å². The van der Waals surface area contributed by atoms with Gasteiger partial charge in [0.2, 0.25) is 10.0 Å². The molecule has 0 saturated heterocycles. The number of nitrogens with zero attached hydrogens (tertiary/aromatic N) is 1. The first-order valence-electron chi connectivity index (χ1n) is 4.23. The van der Waals surface area contributed by atoms with Crippen LogP contribution in [-0.2, 0) is 10.0 Å². The van der Waals surface area contributed by atoms with E-state index in [9.17, 15) is 8.42 Å². The number of likely N-dealkylation sites (N-methyl/N-ethyl adjacent to an activating group) is 1. The van der Waals surface area contributed by atoms with Crippen LogP contribution in [0.15, 0.2) is 0 Å². The Kier molecular flexibility index (Phi) is 5.46. The number of nitrogens with two attached hydrogens (primary N) is 1. The van der Waals surface area contributed by atoms with E-state index < -0.39 is 15.3 Å². The van der Waals surface area contributed by atoms with Gasteiger partial charge in [0.05, 0.1) is 5.25 Å². The van der Waals surface area contributed by atoms with E-state index in [-0.39, 0.29) is 6.54 Å². The Morgan fingerprint density at radius 3 is 2.38 bits per heavy atom. The Balaban J connectivity index is 3.91. The van der Waals surface area contributed by atoms with E-state index in [1.165, 1.54) is 0 Å². The van der Waals surface area contributed by atoms with Crippen molar-refractivity contribution >= 4 is 10.0 Å². The Bertz CT molecular complexity index is 226. The maximum Gasteiger partial charge on any atom is 0.215 e. The van der Waals surface area contributed by atoms with Gasteiger partial charge in [0.1, 0.15) is 0 Å². The predicted molar refractivity (Wildman–Crippen MR) is 54.0 cm³/mol. The van der Waals surface area contributed by atoms with Crippen molar-refractivity contribution in [3.8, 4) is 0 Å². The number of hydrogen-bond donors (Lipinski definition) is 2. The first kappa shape index (κ1) is 12.8. The van der Waals surface area contributed by atoms with Crippen LogP contribution in [0, 0.1) is 0 Å². The molecule has 0 fully saturated rings. The number of nitrogens with one attached hydrogen (secondary N) is 1. The molecule has 0 aliphatic carbocycles. The molecule has 0 aromatic heterocycles. The number of sulfonamides is 1. The topological polar surface area (TPSA) is 75.4 Å². The van der Waals surface area contributed by atoms with Crippen LogP contribution in [0.5, 0.6) is 0 Å². The van der Waals surface area contributed by atoms with Gasteiger partial charge >= 0.3 is 0 Å². The second kappa shape index (κ2) is 5.54. The Morgan fingerprint density at radius 1 is 1.46 bits per heavy atom. The molecule has 3 N–H and O–H groups in total. The highest BCUT2D eigenvalue weighted by Crippen LogP contribution is 1.94. The summed E-state index contributed by atoms with van der Waals surface area (Å²) in [6.45, 7) is 2.87. The molecule has 0 radical (unpaired) electrons. The Hall–Kier alpha value is -0.170. The molecule has 0 heterocycles. The molecular weight excluding hydrogens is 190 g/mol. The van der Waals surface area contributed by atoms with Crippen LogP contribution in [0.2, 0.25) is 0 Å². The van der Waals surface area contributed by atoms with Crippen molar-refractivity contribution in [2.24, 2.45) is 5.73 Å². The van der Waals surface area contributed by atoms with E-state index in [1.54, 1.807) is 6.92 Å². The molecule has 0 aliphatic rings. The van der Waals surface area contributed by atoms with Gasteiger partial charge in [-0.3, -0.25) is 0 Å². The summed E-state index contributed by atoms with van der Waals surface area (Å²) in [4.78, 5) is 1.91. The van der Waals surface area contributed by atoms with Gasteiger partial charge in [0.25, 0.3) is 0 Å². The summed E-state index contributed by atoms with van der Waals surface area (Å²) in [5, 5.41) is -0.519. The van der Waals surface area contributed by atoms with E-state index in [0.717, 1.165) is 0 Å². The van der Waals surface area contributed by atoms with Gasteiger partial charge in [0, 0.05) is 19.6 Å². The summed E-state index contributed by atoms with van der Waals surface area (Å²) in [7, 11) is 0.571. The van der Waals surface area contributed by atoms with E-state index in [1.807, 2.05) is 19.0 Å². The second-order valence-corrected chi connectivity index (χ2v) is 5.47. The molecule has 0 aromatic carbocycles. The van der Waals surface area contributed by atoms with Gasteiger partial charge in [-0.1, -0.05) is 0 Å². The van der Waals surface area contributed by atoms with Gasteiger partial charge < -0.3 is 10.6 Å². The second-order valence-electron chi connectivity index (χ2n) is 3.29. The van der Waals surface area contributed by atoms with Gasteiger partial charge in [0.15, 0.2) is 0 Å². The minimum Gasteiger partial charge on any atom is -0.329 e. The van der Waals surface area contributed by atoms with Gasteiger partial charge in [-0.05, 0) is 21.0 Å². The fourth-order valence-electron chi connectivity index (χ4n) is 0.680. The summed E-state index contributed by atoms with van der Waals surface area (Å²) in [6, 6.07) is 0. The van der Waals surface area contributed by atoms with Crippen molar-refractivity contribution in [1.82, 2.24) is 9.62 Å². The monoisotopic (exact) mass is 209 g/mol. The minimum absolute atomic E-state index is 0.150. The minimum atomic E-state index is -3.21. The molecule has 80 valence electrons. The smallest absolute Gasteiger partial charge is 0.215 e. The standard InChI is InChI=1S/C7H19N3O2S/c1-7(6-8)13(11,12)9-4-5-10(2)3/h7,9H,4-6,8H2,1-3H3. The molecule has 6 heteroatoms. The van der Waals surface area contributed by atoms with E-state index in [0.29, 0.717) is 13.1 Å². The van der Waals surface area contributed by atoms with Crippen molar-refractivity contribution in [3.05, 3.63) is 0 Å². The zero-order valence-corrected chi connectivity index (χ0v) is 9.26. The molecule has 13 heavy (non-hydrogen) atoms. The van der Waals surface area contributed by atoms with Crippen molar-refractivity contribution in [1.29, 1.82) is 0 Å². The third kappa shape index (κ3) is 5.20. The average molecular weight is 209 g/mol. The van der Waals surface area contributed by atoms with E-state index in [4.69, 9.17) is 5.73 Å². The van der Waals surface area contributed by atoms with Crippen LogP contribution in [0.1, 0.15) is 6.92 Å². The molecule has 1 atom stereocenters. The third-order valence-electron chi connectivity index (χ3n) is 1.72. The van der Waals surface area contributed by atoms with Crippen LogP contribution < -0.4 is 10.5 Å². The quantitative estimate of drug-likeness (QED) is 0.577. The molecular formula is C7H19N3O2S. The third-order valence-corrected chi connectivity index (χ3v) is 3.58. The first-order chi connectivity index (χ1) is 5.90. The Morgan fingerprint density at radius 2 is 2.00 bits per heavy atom. The molecule has 0 spiro atoms. The zero-order valence-electron chi connectivity index (χ0n) is 8.45. The Labute approximate surface area is 80.3 Å². The molecule has 0 aliphatic heterocycles. The maximum atomic E-state index is 11.3. The summed E-state index contributed by atoms with van der Waals surface area (Å²) in [5.74, 6) is 0. The van der Waals surface area contributed by atoms with Crippen molar-refractivity contribution in [2.75, 3.05) is 33.7 Å². The lowest BCUT2D eigenvalue weighted by Gasteiger charge is -2.13. The first-order valence-corrected chi connectivity index (χ1v) is 5.78. The van der Waals surface area contributed by atoms with Crippen molar-refractivity contribution in [3.63, 3.8) is 0 Å². The molecule has 1 unspecified atom stereocenters. The molecule has 0 bridgehead atoms. The van der Waals surface area contributed by atoms with E-state index >= 15 is 0 Å². The van der Waals surface area contributed by atoms with Crippen LogP contribution in [0.25, 0.3) is 0 Å². The normalized spacial score (nSPS) is 14.8. The largest absolute Gasteiger partial charge is 0.329 e. The van der Waals surface area contributed by atoms with Crippen molar-refractivity contribution in [2.45, 2.75) is 12.2 Å². The molecule has 5 nitrogen and oxygen atoms in total. The highest BCUT2D eigenvalue weighted by atomic mass is 32.2. The fourth-order valence-corrected chi connectivity index (χ4v) is 1.59. The average Bonchev–Trinajstić information content (AvgIpc) is 2.01. The number of rotatable bonds is 6. The van der Waals surface area contributed by atoms with E-state index in [2.05, 4.69) is 4.72 Å². The molecule has 0 aromatic rings. The molecule has 0 rings (SSSR count).